The molecule has 0 amide bonds. The van der Waals surface area contributed by atoms with Gasteiger partial charge in [0.2, 0.25) is 0 Å². The van der Waals surface area contributed by atoms with Gasteiger partial charge < -0.3 is 0 Å². The maximum atomic E-state index is 11.5. The molecule has 2 aliphatic rings. The third-order valence-electron chi connectivity index (χ3n) is 5.62. The van der Waals surface area contributed by atoms with Crippen molar-refractivity contribution in [2.24, 2.45) is 22.1 Å². The minimum atomic E-state index is -0.909. The van der Waals surface area contributed by atoms with Gasteiger partial charge in [-0.25, -0.2) is 0 Å². The first kappa shape index (κ1) is 18.3. The second-order valence-corrected chi connectivity index (χ2v) is 7.26. The number of azo groups is 1. The molecule has 0 aromatic carbocycles. The molecule has 2 rings (SSSR count). The third kappa shape index (κ3) is 3.87. The van der Waals surface area contributed by atoms with Crippen LogP contribution in [0.4, 0.5) is 0 Å². The molecule has 6 nitrogen and oxygen atoms in total. The number of carbonyl (C=O) groups is 2. The highest BCUT2D eigenvalue weighted by Crippen LogP contribution is 2.39. The van der Waals surface area contributed by atoms with Gasteiger partial charge >= 0.3 is 0 Å². The Morgan fingerprint density at radius 1 is 0.792 bits per heavy atom. The summed E-state index contributed by atoms with van der Waals surface area (Å²) in [5.41, 5.74) is -1.82. The topological polar surface area (TPSA) is 106 Å². The van der Waals surface area contributed by atoms with Crippen molar-refractivity contribution in [1.82, 2.24) is 0 Å². The minimum Gasteiger partial charge on any atom is -0.300 e. The number of hydrogen-bond acceptors (Lipinski definition) is 6. The van der Waals surface area contributed by atoms with Crippen LogP contribution in [0.3, 0.4) is 0 Å². The van der Waals surface area contributed by atoms with Crippen molar-refractivity contribution in [1.29, 1.82) is 10.5 Å². The first-order valence-corrected chi connectivity index (χ1v) is 8.63. The zero-order valence-electron chi connectivity index (χ0n) is 14.4. The molecule has 0 radical (unpaired) electrons. The number of nitriles is 2. The van der Waals surface area contributed by atoms with E-state index in [-0.39, 0.29) is 23.4 Å². The summed E-state index contributed by atoms with van der Waals surface area (Å²) < 4.78 is 0. The number of hydrogen-bond donors (Lipinski definition) is 0. The summed E-state index contributed by atoms with van der Waals surface area (Å²) in [7, 11) is 0. The summed E-state index contributed by atoms with van der Waals surface area (Å²) in [6, 6.07) is 4.50. The predicted molar refractivity (Wildman–Crippen MR) is 86.8 cm³/mol. The molecule has 2 fully saturated rings. The number of ketones is 2. The van der Waals surface area contributed by atoms with Gasteiger partial charge in [0.25, 0.3) is 0 Å². The van der Waals surface area contributed by atoms with E-state index in [1.165, 1.54) is 0 Å². The average Bonchev–Trinajstić information content (AvgIpc) is 2.60. The van der Waals surface area contributed by atoms with Crippen LogP contribution in [0.2, 0.25) is 0 Å². The molecule has 0 N–H and O–H groups in total. The second-order valence-electron chi connectivity index (χ2n) is 7.26. The van der Waals surface area contributed by atoms with Crippen molar-refractivity contribution in [2.75, 3.05) is 0 Å². The van der Waals surface area contributed by atoms with E-state index in [1.807, 2.05) is 0 Å². The quantitative estimate of drug-likeness (QED) is 0.736. The Labute approximate surface area is 142 Å². The molecule has 0 saturated heterocycles. The summed E-state index contributed by atoms with van der Waals surface area (Å²) in [5.74, 6) is 0.347. The van der Waals surface area contributed by atoms with Crippen molar-refractivity contribution in [3.8, 4) is 12.1 Å². The summed E-state index contributed by atoms with van der Waals surface area (Å²) in [6.45, 7) is 3.17. The molecule has 0 atom stereocenters. The molecular formula is C18H24N4O2. The molecule has 0 unspecified atom stereocenters. The zero-order chi connectivity index (χ0) is 17.8. The highest BCUT2D eigenvalue weighted by Gasteiger charge is 2.41. The number of nitrogens with zero attached hydrogens (tertiary/aromatic N) is 4. The van der Waals surface area contributed by atoms with Crippen LogP contribution in [0.5, 0.6) is 0 Å². The Hall–Kier alpha value is -2.08. The molecule has 128 valence electrons. The monoisotopic (exact) mass is 328 g/mol. The van der Waals surface area contributed by atoms with Gasteiger partial charge in [0.1, 0.15) is 11.6 Å². The van der Waals surface area contributed by atoms with Gasteiger partial charge in [-0.2, -0.15) is 20.8 Å². The van der Waals surface area contributed by atoms with Crippen LogP contribution in [-0.4, -0.2) is 22.6 Å². The van der Waals surface area contributed by atoms with E-state index in [9.17, 15) is 20.1 Å². The molecule has 0 aliphatic heterocycles. The Kier molecular flexibility index (Phi) is 5.49. The molecule has 2 saturated carbocycles. The van der Waals surface area contributed by atoms with Crippen LogP contribution in [0.15, 0.2) is 10.2 Å². The van der Waals surface area contributed by atoms with E-state index < -0.39 is 11.1 Å². The van der Waals surface area contributed by atoms with Crippen molar-refractivity contribution in [3.05, 3.63) is 0 Å². The average molecular weight is 328 g/mol. The van der Waals surface area contributed by atoms with Gasteiger partial charge in [-0.1, -0.05) is 0 Å². The standard InChI is InChI=1S/C18H24N4O2/c1-13(23)15-3-7-17(11-19,8-4-15)21-22-18(12-20)9-5-16(6-10-18)14(2)24/h15-16H,3-10H2,1-2H3. The van der Waals surface area contributed by atoms with Gasteiger partial charge in [-0.05, 0) is 65.2 Å². The summed E-state index contributed by atoms with van der Waals surface area (Å²) in [6.07, 6.45) is 4.62. The lowest BCUT2D eigenvalue weighted by Gasteiger charge is -2.33. The van der Waals surface area contributed by atoms with E-state index >= 15 is 0 Å². The number of carbonyl (C=O) groups excluding carboxylic acids is 2. The van der Waals surface area contributed by atoms with E-state index in [1.54, 1.807) is 13.8 Å². The lowest BCUT2D eigenvalue weighted by molar-refractivity contribution is -0.122. The smallest absolute Gasteiger partial charge is 0.167 e. The molecule has 0 aromatic rings. The largest absolute Gasteiger partial charge is 0.300 e. The molecular weight excluding hydrogens is 304 g/mol. The van der Waals surface area contributed by atoms with Crippen molar-refractivity contribution >= 4 is 11.6 Å². The van der Waals surface area contributed by atoms with Gasteiger partial charge in [0.15, 0.2) is 11.1 Å². The molecule has 0 spiro atoms. The van der Waals surface area contributed by atoms with Gasteiger partial charge in [-0.3, -0.25) is 9.59 Å². The Morgan fingerprint density at radius 2 is 1.08 bits per heavy atom. The SMILES string of the molecule is CC(=O)C1CCC(C#N)(N=NC2(C#N)CCC(C(C)=O)CC2)CC1. The second kappa shape index (κ2) is 7.21. The summed E-state index contributed by atoms with van der Waals surface area (Å²) >= 11 is 0. The van der Waals surface area contributed by atoms with Crippen LogP contribution in [-0.2, 0) is 9.59 Å². The zero-order valence-corrected chi connectivity index (χ0v) is 14.4. The number of Topliss-reactive ketones (excluding diaryl/α,β-unsaturated/α-hetero) is 2. The highest BCUT2D eigenvalue weighted by atomic mass is 16.1. The molecule has 0 heterocycles. The highest BCUT2D eigenvalue weighted by molar-refractivity contribution is 5.78. The van der Waals surface area contributed by atoms with Crippen LogP contribution >= 0.6 is 0 Å². The number of rotatable bonds is 4. The molecule has 0 aromatic heterocycles. The first-order valence-electron chi connectivity index (χ1n) is 8.63. The third-order valence-corrected chi connectivity index (χ3v) is 5.62. The molecule has 6 heteroatoms. The fourth-order valence-corrected chi connectivity index (χ4v) is 3.66. The van der Waals surface area contributed by atoms with Crippen LogP contribution in [0.1, 0.15) is 65.2 Å². The lowest BCUT2D eigenvalue weighted by Crippen LogP contribution is -2.36. The minimum absolute atomic E-state index is 0.0117. The maximum Gasteiger partial charge on any atom is 0.167 e. The van der Waals surface area contributed by atoms with Crippen LogP contribution in [0, 0.1) is 34.5 Å². The molecule has 2 aliphatic carbocycles. The van der Waals surface area contributed by atoms with E-state index in [4.69, 9.17) is 0 Å². The Morgan fingerprint density at radius 3 is 1.29 bits per heavy atom. The van der Waals surface area contributed by atoms with Gasteiger partial charge in [0, 0.05) is 11.8 Å². The fraction of sp³-hybridized carbons (Fsp3) is 0.778. The summed E-state index contributed by atoms with van der Waals surface area (Å²) in [5, 5.41) is 27.7. The first-order chi connectivity index (χ1) is 11.4. The van der Waals surface area contributed by atoms with E-state index in [0.717, 1.165) is 0 Å². The Balaban J connectivity index is 2.07. The van der Waals surface area contributed by atoms with Gasteiger partial charge in [-0.15, -0.1) is 0 Å². The predicted octanol–water partition coefficient (Wildman–Crippen LogP) is 3.52. The van der Waals surface area contributed by atoms with Crippen LogP contribution in [0.25, 0.3) is 0 Å². The molecule has 24 heavy (non-hydrogen) atoms. The fourth-order valence-electron chi connectivity index (χ4n) is 3.66. The van der Waals surface area contributed by atoms with Crippen molar-refractivity contribution in [2.45, 2.75) is 76.3 Å². The Bertz CT molecular complexity index is 556. The van der Waals surface area contributed by atoms with Gasteiger partial charge in [0.05, 0.1) is 12.1 Å². The molecule has 0 bridgehead atoms. The van der Waals surface area contributed by atoms with E-state index in [0.29, 0.717) is 51.4 Å². The maximum absolute atomic E-state index is 11.5. The lowest BCUT2D eigenvalue weighted by atomic mass is 9.76. The van der Waals surface area contributed by atoms with E-state index in [2.05, 4.69) is 22.4 Å². The normalized spacial score (nSPS) is 36.7. The van der Waals surface area contributed by atoms with Crippen molar-refractivity contribution in [3.63, 3.8) is 0 Å². The summed E-state index contributed by atoms with van der Waals surface area (Å²) in [4.78, 5) is 23.0. The van der Waals surface area contributed by atoms with Crippen molar-refractivity contribution < 1.29 is 9.59 Å². The van der Waals surface area contributed by atoms with Crippen LogP contribution < -0.4 is 0 Å².